The molecule has 0 spiro atoms. The first kappa shape index (κ1) is 16.9. The predicted octanol–water partition coefficient (Wildman–Crippen LogP) is 3.42. The number of methoxy groups -OCH3 is 1. The van der Waals surface area contributed by atoms with Gasteiger partial charge in [-0.25, -0.2) is 0 Å². The van der Waals surface area contributed by atoms with Crippen molar-refractivity contribution >= 4 is 11.6 Å². The second-order valence-corrected chi connectivity index (χ2v) is 7.02. The molecular weight excluding hydrogens is 312 g/mol. The fraction of sp³-hybridized carbons (Fsp3) is 0.667. The van der Waals surface area contributed by atoms with Crippen molar-refractivity contribution in [1.29, 1.82) is 0 Å². The lowest BCUT2D eigenvalue weighted by Crippen LogP contribution is -2.54. The fourth-order valence-electron chi connectivity index (χ4n) is 3.85. The van der Waals surface area contributed by atoms with Crippen LogP contribution in [-0.2, 0) is 6.54 Å². The third kappa shape index (κ3) is 3.59. The topological polar surface area (TPSA) is 24.9 Å². The highest BCUT2D eigenvalue weighted by Gasteiger charge is 2.34. The number of nitrogens with zero attached hydrogens (tertiary/aromatic N) is 2. The Balaban J connectivity index is 1.75. The lowest BCUT2D eigenvalue weighted by Gasteiger charge is -2.42. The van der Waals surface area contributed by atoms with Crippen LogP contribution in [0, 0.1) is 0 Å². The van der Waals surface area contributed by atoms with E-state index in [1.807, 2.05) is 13.0 Å². The van der Waals surface area contributed by atoms with Crippen LogP contribution in [0.15, 0.2) is 12.1 Å². The summed E-state index contributed by atoms with van der Waals surface area (Å²) in [4.78, 5) is 5.21. The summed E-state index contributed by atoms with van der Waals surface area (Å²) in [7, 11) is 1.66. The molecule has 0 unspecified atom stereocenters. The smallest absolute Gasteiger partial charge is 0.179 e. The monoisotopic (exact) mass is 338 g/mol. The summed E-state index contributed by atoms with van der Waals surface area (Å²) >= 11 is 6.40. The van der Waals surface area contributed by atoms with E-state index >= 15 is 0 Å². The third-order valence-electron chi connectivity index (χ3n) is 5.03. The summed E-state index contributed by atoms with van der Waals surface area (Å²) < 4.78 is 11.1. The van der Waals surface area contributed by atoms with E-state index in [4.69, 9.17) is 21.1 Å². The molecule has 2 atom stereocenters. The molecule has 0 bridgehead atoms. The number of fused-ring (bicyclic) bond motifs is 1. The minimum atomic E-state index is 0.570. The van der Waals surface area contributed by atoms with Gasteiger partial charge in [0.2, 0.25) is 0 Å². The molecule has 2 aliphatic heterocycles. The summed E-state index contributed by atoms with van der Waals surface area (Å²) in [5.74, 6) is 1.37. The molecule has 4 nitrogen and oxygen atoms in total. The van der Waals surface area contributed by atoms with Crippen molar-refractivity contribution in [1.82, 2.24) is 9.80 Å². The SMILES string of the molecule is CCOc1c(Cl)cc(CN2C[C@@H]3CCCN3C[C@@H]2C)cc1OC. The predicted molar refractivity (Wildman–Crippen MR) is 93.6 cm³/mol. The van der Waals surface area contributed by atoms with Gasteiger partial charge in [0.05, 0.1) is 18.7 Å². The number of hydrogen-bond acceptors (Lipinski definition) is 4. The summed E-state index contributed by atoms with van der Waals surface area (Å²) in [5, 5.41) is 0.633. The van der Waals surface area contributed by atoms with Crippen LogP contribution >= 0.6 is 11.6 Å². The Kier molecular flexibility index (Phi) is 5.34. The van der Waals surface area contributed by atoms with E-state index in [-0.39, 0.29) is 0 Å². The highest BCUT2D eigenvalue weighted by Crippen LogP contribution is 2.37. The molecular formula is C18H27ClN2O2. The number of piperazine rings is 1. The zero-order valence-electron chi connectivity index (χ0n) is 14.3. The van der Waals surface area contributed by atoms with Gasteiger partial charge < -0.3 is 9.47 Å². The van der Waals surface area contributed by atoms with E-state index in [1.165, 1.54) is 31.5 Å². The molecule has 0 aromatic heterocycles. The van der Waals surface area contributed by atoms with Crippen molar-refractivity contribution in [2.24, 2.45) is 0 Å². The quantitative estimate of drug-likeness (QED) is 0.821. The van der Waals surface area contributed by atoms with E-state index in [1.54, 1.807) is 7.11 Å². The van der Waals surface area contributed by atoms with Crippen LogP contribution in [0.25, 0.3) is 0 Å². The van der Waals surface area contributed by atoms with Gasteiger partial charge in [-0.05, 0) is 50.9 Å². The Morgan fingerprint density at radius 2 is 2.13 bits per heavy atom. The lowest BCUT2D eigenvalue weighted by atomic mass is 10.1. The number of rotatable bonds is 5. The van der Waals surface area contributed by atoms with Crippen molar-refractivity contribution in [3.8, 4) is 11.5 Å². The maximum atomic E-state index is 6.40. The molecule has 1 aromatic carbocycles. The van der Waals surface area contributed by atoms with Crippen molar-refractivity contribution in [2.45, 2.75) is 45.3 Å². The number of benzene rings is 1. The van der Waals surface area contributed by atoms with Crippen molar-refractivity contribution in [2.75, 3.05) is 33.4 Å². The van der Waals surface area contributed by atoms with Crippen molar-refractivity contribution < 1.29 is 9.47 Å². The van der Waals surface area contributed by atoms with Gasteiger partial charge in [-0.1, -0.05) is 11.6 Å². The number of ether oxygens (including phenoxy) is 2. The van der Waals surface area contributed by atoms with E-state index in [0.717, 1.165) is 24.9 Å². The fourth-order valence-corrected chi connectivity index (χ4v) is 4.14. The van der Waals surface area contributed by atoms with Crippen LogP contribution in [0.1, 0.15) is 32.3 Å². The maximum absolute atomic E-state index is 6.40. The van der Waals surface area contributed by atoms with E-state index in [9.17, 15) is 0 Å². The van der Waals surface area contributed by atoms with Gasteiger partial charge in [0, 0.05) is 31.7 Å². The molecule has 0 aliphatic carbocycles. The average Bonchev–Trinajstić information content (AvgIpc) is 2.97. The molecule has 5 heteroatoms. The normalized spacial score (nSPS) is 25.4. The summed E-state index contributed by atoms with van der Waals surface area (Å²) in [6, 6.07) is 5.37. The van der Waals surface area contributed by atoms with Gasteiger partial charge in [-0.3, -0.25) is 9.80 Å². The Morgan fingerprint density at radius 1 is 1.30 bits per heavy atom. The Labute approximate surface area is 144 Å². The first-order valence-corrected chi connectivity index (χ1v) is 8.97. The average molecular weight is 339 g/mol. The first-order valence-electron chi connectivity index (χ1n) is 8.59. The molecule has 0 saturated carbocycles. The van der Waals surface area contributed by atoms with Crippen LogP contribution in [0.3, 0.4) is 0 Å². The highest BCUT2D eigenvalue weighted by atomic mass is 35.5. The number of halogens is 1. The zero-order valence-corrected chi connectivity index (χ0v) is 15.1. The van der Waals surface area contributed by atoms with Crippen molar-refractivity contribution in [3.63, 3.8) is 0 Å². The zero-order chi connectivity index (χ0) is 16.4. The standard InChI is InChI=1S/C18H27ClN2O2/c1-4-23-18-16(19)8-14(9-17(18)22-3)11-21-12-15-6-5-7-20(15)10-13(21)2/h8-9,13,15H,4-7,10-12H2,1-3H3/t13-,15-/m0/s1. The highest BCUT2D eigenvalue weighted by molar-refractivity contribution is 6.32. The molecule has 1 aromatic rings. The Morgan fingerprint density at radius 3 is 2.87 bits per heavy atom. The summed E-state index contributed by atoms with van der Waals surface area (Å²) in [6.45, 7) is 9.35. The first-order chi connectivity index (χ1) is 11.1. The Bertz CT molecular complexity index is 552. The molecule has 0 amide bonds. The van der Waals surface area contributed by atoms with Gasteiger partial charge in [-0.2, -0.15) is 0 Å². The van der Waals surface area contributed by atoms with Gasteiger partial charge >= 0.3 is 0 Å². The van der Waals surface area contributed by atoms with Crippen molar-refractivity contribution in [3.05, 3.63) is 22.7 Å². The van der Waals surface area contributed by atoms with E-state index in [0.29, 0.717) is 23.4 Å². The largest absolute Gasteiger partial charge is 0.493 e. The van der Waals surface area contributed by atoms with Crippen LogP contribution in [-0.4, -0.2) is 55.2 Å². The van der Waals surface area contributed by atoms with Crippen LogP contribution < -0.4 is 9.47 Å². The molecule has 2 aliphatic rings. The molecule has 2 saturated heterocycles. The van der Waals surface area contributed by atoms with E-state index in [2.05, 4.69) is 22.8 Å². The molecule has 2 heterocycles. The third-order valence-corrected chi connectivity index (χ3v) is 5.31. The minimum absolute atomic E-state index is 0.570. The van der Waals surface area contributed by atoms with Gasteiger partial charge in [0.25, 0.3) is 0 Å². The van der Waals surface area contributed by atoms with Gasteiger partial charge in [-0.15, -0.1) is 0 Å². The second kappa shape index (κ2) is 7.29. The van der Waals surface area contributed by atoms with E-state index < -0.39 is 0 Å². The molecule has 128 valence electrons. The maximum Gasteiger partial charge on any atom is 0.179 e. The van der Waals surface area contributed by atoms with Gasteiger partial charge in [0.1, 0.15) is 0 Å². The molecule has 23 heavy (non-hydrogen) atoms. The second-order valence-electron chi connectivity index (χ2n) is 6.61. The molecule has 2 fully saturated rings. The minimum Gasteiger partial charge on any atom is -0.493 e. The lowest BCUT2D eigenvalue weighted by molar-refractivity contribution is 0.0540. The molecule has 0 radical (unpaired) electrons. The molecule has 3 rings (SSSR count). The van der Waals surface area contributed by atoms with Crippen LogP contribution in [0.2, 0.25) is 5.02 Å². The van der Waals surface area contributed by atoms with Crippen LogP contribution in [0.4, 0.5) is 0 Å². The summed E-state index contributed by atoms with van der Waals surface area (Å²) in [5.41, 5.74) is 1.19. The molecule has 0 N–H and O–H groups in total. The van der Waals surface area contributed by atoms with Gasteiger partial charge in [0.15, 0.2) is 11.5 Å². The van der Waals surface area contributed by atoms with Crippen LogP contribution in [0.5, 0.6) is 11.5 Å². The summed E-state index contributed by atoms with van der Waals surface area (Å²) in [6.07, 6.45) is 2.67. The Hall–Kier alpha value is -0.970. The number of hydrogen-bond donors (Lipinski definition) is 0.